The largest absolute Gasteiger partial charge is 0.486 e. The number of carbonyl (C=O) groups is 2. The van der Waals surface area contributed by atoms with Crippen LogP contribution in [0.3, 0.4) is 0 Å². The number of hydrogen-bond acceptors (Lipinski definition) is 5. The second-order valence-electron chi connectivity index (χ2n) is 5.91. The molecule has 2 aromatic rings. The molecule has 0 saturated carbocycles. The lowest BCUT2D eigenvalue weighted by Gasteiger charge is -2.19. The normalized spacial score (nSPS) is 13.6. The van der Waals surface area contributed by atoms with Crippen LogP contribution in [-0.4, -0.2) is 31.2 Å². The van der Waals surface area contributed by atoms with Crippen molar-refractivity contribution in [2.45, 2.75) is 19.4 Å². The van der Waals surface area contributed by atoms with Gasteiger partial charge < -0.3 is 19.5 Å². The molecule has 8 heteroatoms. The molecular formula is C19H17ClFNO5. The maximum absolute atomic E-state index is 13.1. The van der Waals surface area contributed by atoms with E-state index in [4.69, 9.17) is 25.8 Å². The fourth-order valence-electron chi connectivity index (χ4n) is 2.47. The van der Waals surface area contributed by atoms with Crippen molar-refractivity contribution in [3.05, 3.63) is 52.8 Å². The Bertz CT molecular complexity index is 873. The van der Waals surface area contributed by atoms with E-state index in [-0.39, 0.29) is 11.4 Å². The SMILES string of the molecule is C[C@H](OC(=O)Cc1ccc2c(c1)OCCO2)C(=O)Nc1ccc(F)c(Cl)c1. The molecule has 1 N–H and O–H groups in total. The van der Waals surface area contributed by atoms with E-state index in [1.165, 1.54) is 19.1 Å². The van der Waals surface area contributed by atoms with E-state index < -0.39 is 23.8 Å². The van der Waals surface area contributed by atoms with Crippen LogP contribution in [0, 0.1) is 5.82 Å². The molecule has 0 unspecified atom stereocenters. The number of nitrogens with one attached hydrogen (secondary N) is 1. The first-order valence-electron chi connectivity index (χ1n) is 8.26. The average Bonchev–Trinajstić information content (AvgIpc) is 2.64. The summed E-state index contributed by atoms with van der Waals surface area (Å²) < 4.78 is 29.2. The first kappa shape index (κ1) is 19.0. The Hall–Kier alpha value is -2.80. The summed E-state index contributed by atoms with van der Waals surface area (Å²) in [6, 6.07) is 8.95. The third-order valence-electron chi connectivity index (χ3n) is 3.82. The maximum atomic E-state index is 13.1. The van der Waals surface area contributed by atoms with Crippen LogP contribution >= 0.6 is 11.6 Å². The van der Waals surface area contributed by atoms with Crippen molar-refractivity contribution in [1.82, 2.24) is 0 Å². The Morgan fingerprint density at radius 2 is 1.93 bits per heavy atom. The van der Waals surface area contributed by atoms with E-state index in [1.807, 2.05) is 0 Å². The van der Waals surface area contributed by atoms with Crippen LogP contribution in [-0.2, 0) is 20.7 Å². The molecular weight excluding hydrogens is 377 g/mol. The Morgan fingerprint density at radius 3 is 2.67 bits per heavy atom. The predicted octanol–water partition coefficient (Wildman–Crippen LogP) is 3.36. The Kier molecular flexibility index (Phi) is 5.81. The van der Waals surface area contributed by atoms with Gasteiger partial charge in [-0.1, -0.05) is 17.7 Å². The molecule has 2 aromatic carbocycles. The van der Waals surface area contributed by atoms with Crippen LogP contribution < -0.4 is 14.8 Å². The van der Waals surface area contributed by atoms with Gasteiger partial charge in [0.2, 0.25) is 0 Å². The number of ether oxygens (including phenoxy) is 3. The van der Waals surface area contributed by atoms with Crippen LogP contribution in [0.4, 0.5) is 10.1 Å². The van der Waals surface area contributed by atoms with E-state index in [0.717, 1.165) is 6.07 Å². The van der Waals surface area contributed by atoms with Crippen LogP contribution in [0.15, 0.2) is 36.4 Å². The van der Waals surface area contributed by atoms with Gasteiger partial charge >= 0.3 is 5.97 Å². The minimum absolute atomic E-state index is 0.0172. The summed E-state index contributed by atoms with van der Waals surface area (Å²) in [6.45, 7) is 2.38. The highest BCUT2D eigenvalue weighted by Crippen LogP contribution is 2.31. The molecule has 0 spiro atoms. The molecule has 6 nitrogen and oxygen atoms in total. The number of esters is 1. The topological polar surface area (TPSA) is 73.9 Å². The van der Waals surface area contributed by atoms with E-state index in [0.29, 0.717) is 36.0 Å². The monoisotopic (exact) mass is 393 g/mol. The van der Waals surface area contributed by atoms with Crippen molar-refractivity contribution in [3.63, 3.8) is 0 Å². The van der Waals surface area contributed by atoms with Gasteiger partial charge in [0, 0.05) is 5.69 Å². The lowest BCUT2D eigenvalue weighted by Crippen LogP contribution is -2.30. The molecule has 0 radical (unpaired) electrons. The highest BCUT2D eigenvalue weighted by atomic mass is 35.5. The van der Waals surface area contributed by atoms with Crippen molar-refractivity contribution < 1.29 is 28.2 Å². The van der Waals surface area contributed by atoms with Crippen LogP contribution in [0.2, 0.25) is 5.02 Å². The van der Waals surface area contributed by atoms with Gasteiger partial charge in [0.05, 0.1) is 11.4 Å². The summed E-state index contributed by atoms with van der Waals surface area (Å²) in [7, 11) is 0. The van der Waals surface area contributed by atoms with Gasteiger partial charge in [0.1, 0.15) is 19.0 Å². The summed E-state index contributed by atoms with van der Waals surface area (Å²) in [5.41, 5.74) is 0.989. The number of rotatable bonds is 5. The second kappa shape index (κ2) is 8.26. The van der Waals surface area contributed by atoms with Gasteiger partial charge in [-0.25, -0.2) is 4.39 Å². The smallest absolute Gasteiger partial charge is 0.311 e. The zero-order chi connectivity index (χ0) is 19.4. The highest BCUT2D eigenvalue weighted by molar-refractivity contribution is 6.31. The van der Waals surface area contributed by atoms with Gasteiger partial charge in [-0.2, -0.15) is 0 Å². The van der Waals surface area contributed by atoms with E-state index in [2.05, 4.69) is 5.32 Å². The number of carbonyl (C=O) groups excluding carboxylic acids is 2. The Morgan fingerprint density at radius 1 is 1.19 bits per heavy atom. The zero-order valence-electron chi connectivity index (χ0n) is 14.5. The molecule has 1 amide bonds. The third kappa shape index (κ3) is 4.89. The van der Waals surface area contributed by atoms with Gasteiger partial charge in [0.25, 0.3) is 5.91 Å². The van der Waals surface area contributed by atoms with Crippen molar-refractivity contribution in [2.75, 3.05) is 18.5 Å². The molecule has 1 aliphatic rings. The minimum Gasteiger partial charge on any atom is -0.486 e. The number of benzene rings is 2. The minimum atomic E-state index is -1.03. The molecule has 1 atom stereocenters. The summed E-state index contributed by atoms with van der Waals surface area (Å²) in [5, 5.41) is 2.40. The molecule has 1 heterocycles. The van der Waals surface area contributed by atoms with Crippen LogP contribution in [0.5, 0.6) is 11.5 Å². The first-order valence-corrected chi connectivity index (χ1v) is 8.64. The predicted molar refractivity (Wildman–Crippen MR) is 96.7 cm³/mol. The number of halogens is 2. The maximum Gasteiger partial charge on any atom is 0.311 e. The average molecular weight is 394 g/mol. The zero-order valence-corrected chi connectivity index (χ0v) is 15.2. The van der Waals surface area contributed by atoms with Crippen molar-refractivity contribution in [3.8, 4) is 11.5 Å². The molecule has 1 aliphatic heterocycles. The van der Waals surface area contributed by atoms with E-state index >= 15 is 0 Å². The lowest BCUT2D eigenvalue weighted by atomic mass is 10.1. The molecule has 0 bridgehead atoms. The number of anilines is 1. The van der Waals surface area contributed by atoms with Gasteiger partial charge in [-0.3, -0.25) is 9.59 Å². The molecule has 0 aromatic heterocycles. The summed E-state index contributed by atoms with van der Waals surface area (Å²) in [5.74, 6) is -0.497. The lowest BCUT2D eigenvalue weighted by molar-refractivity contribution is -0.152. The molecule has 142 valence electrons. The molecule has 0 saturated heterocycles. The Balaban J connectivity index is 1.55. The highest BCUT2D eigenvalue weighted by Gasteiger charge is 2.19. The fourth-order valence-corrected chi connectivity index (χ4v) is 2.66. The van der Waals surface area contributed by atoms with Crippen molar-refractivity contribution >= 4 is 29.2 Å². The summed E-state index contributed by atoms with van der Waals surface area (Å²) in [4.78, 5) is 24.2. The molecule has 0 fully saturated rings. The van der Waals surface area contributed by atoms with Gasteiger partial charge in [-0.15, -0.1) is 0 Å². The number of amides is 1. The standard InChI is InChI=1S/C19H17ClFNO5/c1-11(19(24)22-13-3-4-15(21)14(20)10-13)27-18(23)9-12-2-5-16-17(8-12)26-7-6-25-16/h2-5,8,10-11H,6-7,9H2,1H3,(H,22,24)/t11-/m0/s1. The Labute approximate surface area is 160 Å². The number of fused-ring (bicyclic) bond motifs is 1. The van der Waals surface area contributed by atoms with Crippen LogP contribution in [0.25, 0.3) is 0 Å². The third-order valence-corrected chi connectivity index (χ3v) is 4.11. The summed E-state index contributed by atoms with van der Waals surface area (Å²) >= 11 is 5.67. The number of hydrogen-bond donors (Lipinski definition) is 1. The fraction of sp³-hybridized carbons (Fsp3) is 0.263. The van der Waals surface area contributed by atoms with Gasteiger partial charge in [-0.05, 0) is 42.8 Å². The molecule has 0 aliphatic carbocycles. The van der Waals surface area contributed by atoms with Crippen LogP contribution in [0.1, 0.15) is 12.5 Å². The van der Waals surface area contributed by atoms with Crippen molar-refractivity contribution in [2.24, 2.45) is 0 Å². The summed E-state index contributed by atoms with van der Waals surface area (Å²) in [6.07, 6.45) is -1.05. The second-order valence-corrected chi connectivity index (χ2v) is 6.31. The molecule has 3 rings (SSSR count). The molecule has 27 heavy (non-hydrogen) atoms. The quantitative estimate of drug-likeness (QED) is 0.788. The van der Waals surface area contributed by atoms with Crippen molar-refractivity contribution in [1.29, 1.82) is 0 Å². The van der Waals surface area contributed by atoms with Gasteiger partial charge in [0.15, 0.2) is 17.6 Å². The van der Waals surface area contributed by atoms with E-state index in [9.17, 15) is 14.0 Å². The van der Waals surface area contributed by atoms with E-state index in [1.54, 1.807) is 18.2 Å². The first-order chi connectivity index (χ1) is 12.9.